The SMILES string of the molecule is CCc1c(-c2cc(F)cc(C(=O)O)c2)nc[nH]c1=O. The first-order valence-electron chi connectivity index (χ1n) is 5.63. The lowest BCUT2D eigenvalue weighted by Gasteiger charge is -2.07. The highest BCUT2D eigenvalue weighted by atomic mass is 19.1. The van der Waals surface area contributed by atoms with Crippen LogP contribution < -0.4 is 5.56 Å². The minimum atomic E-state index is -1.23. The fourth-order valence-electron chi connectivity index (χ4n) is 1.85. The van der Waals surface area contributed by atoms with E-state index < -0.39 is 11.8 Å². The summed E-state index contributed by atoms with van der Waals surface area (Å²) in [7, 11) is 0. The Morgan fingerprint density at radius 3 is 2.79 bits per heavy atom. The van der Waals surface area contributed by atoms with E-state index in [1.807, 2.05) is 0 Å². The predicted molar refractivity (Wildman–Crippen MR) is 66.6 cm³/mol. The van der Waals surface area contributed by atoms with Crippen molar-refractivity contribution in [1.29, 1.82) is 0 Å². The zero-order valence-electron chi connectivity index (χ0n) is 10.1. The van der Waals surface area contributed by atoms with Gasteiger partial charge in [-0.2, -0.15) is 0 Å². The number of carboxylic acids is 1. The molecule has 0 saturated heterocycles. The molecule has 0 fully saturated rings. The lowest BCUT2D eigenvalue weighted by Crippen LogP contribution is -2.14. The summed E-state index contributed by atoms with van der Waals surface area (Å²) in [6, 6.07) is 3.38. The van der Waals surface area contributed by atoms with Crippen LogP contribution in [-0.4, -0.2) is 21.0 Å². The third-order valence-corrected chi connectivity index (χ3v) is 2.72. The Hall–Kier alpha value is -2.50. The van der Waals surface area contributed by atoms with Gasteiger partial charge in [-0.3, -0.25) is 4.79 Å². The lowest BCUT2D eigenvalue weighted by molar-refractivity contribution is 0.0696. The van der Waals surface area contributed by atoms with Crippen molar-refractivity contribution in [2.75, 3.05) is 0 Å². The van der Waals surface area contributed by atoms with Gasteiger partial charge in [-0.15, -0.1) is 0 Å². The summed E-state index contributed by atoms with van der Waals surface area (Å²) >= 11 is 0. The molecule has 98 valence electrons. The second-order valence-corrected chi connectivity index (χ2v) is 3.95. The van der Waals surface area contributed by atoms with E-state index in [1.165, 1.54) is 12.4 Å². The van der Waals surface area contributed by atoms with E-state index in [1.54, 1.807) is 6.92 Å². The van der Waals surface area contributed by atoms with Crippen molar-refractivity contribution in [3.63, 3.8) is 0 Å². The van der Waals surface area contributed by atoms with Crippen molar-refractivity contribution in [2.45, 2.75) is 13.3 Å². The van der Waals surface area contributed by atoms with Gasteiger partial charge in [0.25, 0.3) is 5.56 Å². The highest BCUT2D eigenvalue weighted by Gasteiger charge is 2.13. The highest BCUT2D eigenvalue weighted by Crippen LogP contribution is 2.22. The Balaban J connectivity index is 2.69. The monoisotopic (exact) mass is 262 g/mol. The molecule has 0 aliphatic carbocycles. The van der Waals surface area contributed by atoms with Crippen LogP contribution in [0.15, 0.2) is 29.3 Å². The minimum Gasteiger partial charge on any atom is -0.478 e. The summed E-state index contributed by atoms with van der Waals surface area (Å²) in [5.41, 5.74) is 0.478. The third kappa shape index (κ3) is 2.52. The Morgan fingerprint density at radius 1 is 1.42 bits per heavy atom. The maximum Gasteiger partial charge on any atom is 0.335 e. The van der Waals surface area contributed by atoms with E-state index in [9.17, 15) is 14.0 Å². The van der Waals surface area contributed by atoms with Gasteiger partial charge < -0.3 is 10.1 Å². The molecule has 6 heteroatoms. The number of H-pyrrole nitrogens is 1. The molecule has 19 heavy (non-hydrogen) atoms. The van der Waals surface area contributed by atoms with E-state index >= 15 is 0 Å². The average molecular weight is 262 g/mol. The molecule has 1 aromatic heterocycles. The molecule has 0 spiro atoms. The number of carboxylic acid groups (broad SMARTS) is 1. The van der Waals surface area contributed by atoms with Gasteiger partial charge in [-0.1, -0.05) is 6.92 Å². The molecule has 0 bridgehead atoms. The van der Waals surface area contributed by atoms with Crippen LogP contribution in [0.2, 0.25) is 0 Å². The fourth-order valence-corrected chi connectivity index (χ4v) is 1.85. The van der Waals surface area contributed by atoms with Crippen molar-refractivity contribution in [2.24, 2.45) is 0 Å². The molecule has 2 rings (SSSR count). The molecule has 0 amide bonds. The van der Waals surface area contributed by atoms with Crippen molar-refractivity contribution in [3.05, 3.63) is 51.8 Å². The Labute approximate surface area is 107 Å². The molecule has 1 aromatic carbocycles. The Morgan fingerprint density at radius 2 is 2.16 bits per heavy atom. The van der Waals surface area contributed by atoms with Crippen LogP contribution in [0.25, 0.3) is 11.3 Å². The molecule has 5 nitrogen and oxygen atoms in total. The molecule has 0 aliphatic heterocycles. The summed E-state index contributed by atoms with van der Waals surface area (Å²) in [4.78, 5) is 29.0. The van der Waals surface area contributed by atoms with Crippen molar-refractivity contribution < 1.29 is 14.3 Å². The number of aromatic nitrogens is 2. The van der Waals surface area contributed by atoms with Crippen LogP contribution in [0, 0.1) is 5.82 Å². The van der Waals surface area contributed by atoms with E-state index in [0.717, 1.165) is 12.1 Å². The quantitative estimate of drug-likeness (QED) is 0.884. The molecule has 0 aliphatic rings. The van der Waals surface area contributed by atoms with Gasteiger partial charge in [0.15, 0.2) is 0 Å². The second kappa shape index (κ2) is 5.01. The zero-order chi connectivity index (χ0) is 14.0. The van der Waals surface area contributed by atoms with Crippen LogP contribution in [0.4, 0.5) is 4.39 Å². The topological polar surface area (TPSA) is 83.0 Å². The molecular formula is C13H11FN2O3. The van der Waals surface area contributed by atoms with Gasteiger partial charge in [0.05, 0.1) is 17.6 Å². The van der Waals surface area contributed by atoms with Crippen LogP contribution in [0.3, 0.4) is 0 Å². The van der Waals surface area contributed by atoms with Crippen molar-refractivity contribution in [1.82, 2.24) is 9.97 Å². The number of nitrogens with one attached hydrogen (secondary N) is 1. The van der Waals surface area contributed by atoms with Gasteiger partial charge in [-0.05, 0) is 24.6 Å². The number of halogens is 1. The smallest absolute Gasteiger partial charge is 0.335 e. The normalized spacial score (nSPS) is 10.4. The predicted octanol–water partition coefficient (Wildman–Crippen LogP) is 1.84. The van der Waals surface area contributed by atoms with Crippen molar-refractivity contribution in [3.8, 4) is 11.3 Å². The fraction of sp³-hybridized carbons (Fsp3) is 0.154. The van der Waals surface area contributed by atoms with Crippen LogP contribution in [0.1, 0.15) is 22.8 Å². The van der Waals surface area contributed by atoms with Crippen LogP contribution in [0.5, 0.6) is 0 Å². The summed E-state index contributed by atoms with van der Waals surface area (Å²) in [6.45, 7) is 1.77. The molecule has 0 unspecified atom stereocenters. The molecule has 2 N–H and O–H groups in total. The highest BCUT2D eigenvalue weighted by molar-refractivity contribution is 5.89. The van der Waals surface area contributed by atoms with Crippen molar-refractivity contribution >= 4 is 5.97 Å². The van der Waals surface area contributed by atoms with Gasteiger partial charge in [-0.25, -0.2) is 14.2 Å². The standard InChI is InChI=1S/C13H11FN2O3/c1-2-10-11(15-6-16-12(10)17)7-3-8(13(18)19)5-9(14)4-7/h3-6H,2H2,1H3,(H,18,19)(H,15,16,17). The number of rotatable bonds is 3. The molecule has 0 saturated carbocycles. The number of nitrogens with zero attached hydrogens (tertiary/aromatic N) is 1. The van der Waals surface area contributed by atoms with E-state index in [0.29, 0.717) is 17.7 Å². The summed E-state index contributed by atoms with van der Waals surface area (Å²) in [5, 5.41) is 8.91. The minimum absolute atomic E-state index is 0.181. The summed E-state index contributed by atoms with van der Waals surface area (Å²) < 4.78 is 13.4. The van der Waals surface area contributed by atoms with Gasteiger partial charge in [0.1, 0.15) is 5.82 Å². The molecule has 2 aromatic rings. The van der Waals surface area contributed by atoms with E-state index in [4.69, 9.17) is 5.11 Å². The van der Waals surface area contributed by atoms with Crippen LogP contribution >= 0.6 is 0 Å². The average Bonchev–Trinajstić information content (AvgIpc) is 2.37. The largest absolute Gasteiger partial charge is 0.478 e. The first kappa shape index (κ1) is 12.9. The van der Waals surface area contributed by atoms with Gasteiger partial charge in [0.2, 0.25) is 0 Å². The van der Waals surface area contributed by atoms with Gasteiger partial charge >= 0.3 is 5.97 Å². The van der Waals surface area contributed by atoms with Gasteiger partial charge in [0, 0.05) is 11.1 Å². The Bertz CT molecular complexity index is 695. The lowest BCUT2D eigenvalue weighted by atomic mass is 10.0. The third-order valence-electron chi connectivity index (χ3n) is 2.72. The summed E-state index contributed by atoms with van der Waals surface area (Å²) in [6.07, 6.45) is 1.62. The number of aromatic carboxylic acids is 1. The number of hydrogen-bond acceptors (Lipinski definition) is 3. The number of benzene rings is 1. The first-order chi connectivity index (χ1) is 9.02. The number of hydrogen-bond donors (Lipinski definition) is 2. The molecule has 0 radical (unpaired) electrons. The maximum atomic E-state index is 13.4. The van der Waals surface area contributed by atoms with E-state index in [-0.39, 0.29) is 16.7 Å². The number of carbonyl (C=O) groups is 1. The first-order valence-corrected chi connectivity index (χ1v) is 5.63. The molecule has 0 atom stereocenters. The van der Waals surface area contributed by atoms with Crippen LogP contribution in [-0.2, 0) is 6.42 Å². The van der Waals surface area contributed by atoms with E-state index in [2.05, 4.69) is 9.97 Å². The number of aromatic amines is 1. The molecular weight excluding hydrogens is 251 g/mol. The summed E-state index contributed by atoms with van der Waals surface area (Å²) in [5.74, 6) is -1.91. The second-order valence-electron chi connectivity index (χ2n) is 3.95. The molecule has 1 heterocycles. The Kier molecular flexibility index (Phi) is 3.41. The maximum absolute atomic E-state index is 13.4. The zero-order valence-corrected chi connectivity index (χ0v) is 10.1.